The van der Waals surface area contributed by atoms with Gasteiger partial charge in [-0.05, 0) is 38.4 Å². The normalized spacial score (nSPS) is 20.4. The van der Waals surface area contributed by atoms with E-state index in [1.807, 2.05) is 0 Å². The predicted molar refractivity (Wildman–Crippen MR) is 77.2 cm³/mol. The second kappa shape index (κ2) is 9.61. The van der Waals surface area contributed by atoms with Gasteiger partial charge in [-0.3, -0.25) is 0 Å². The fourth-order valence-corrected chi connectivity index (χ4v) is 2.52. The maximum absolute atomic E-state index is 11.9. The summed E-state index contributed by atoms with van der Waals surface area (Å²) >= 11 is 0. The molecule has 7 heteroatoms. The lowest BCUT2D eigenvalue weighted by atomic mass is 10.1. The Morgan fingerprint density at radius 2 is 1.81 bits per heavy atom. The molecule has 0 aromatic rings. The standard InChI is InChI=1S/C14H28F3N3O/c1-13(10-18)11-20-5-2-4-19(7-8-20)6-3-9-21-12-14(15,16)17/h13H,2-12,18H2,1H3. The first-order chi connectivity index (χ1) is 9.90. The van der Waals surface area contributed by atoms with Gasteiger partial charge in [0.1, 0.15) is 6.61 Å². The fourth-order valence-electron chi connectivity index (χ4n) is 2.52. The second-order valence-electron chi connectivity index (χ2n) is 5.86. The second-order valence-corrected chi connectivity index (χ2v) is 5.86. The first kappa shape index (κ1) is 18.7. The molecule has 0 amide bonds. The Bertz CT molecular complexity index is 277. The van der Waals surface area contributed by atoms with Gasteiger partial charge in [0.05, 0.1) is 0 Å². The number of ether oxygens (including phenoxy) is 1. The molecule has 1 fully saturated rings. The molecule has 1 unspecified atom stereocenters. The lowest BCUT2D eigenvalue weighted by molar-refractivity contribution is -0.174. The minimum atomic E-state index is -4.22. The van der Waals surface area contributed by atoms with Crippen LogP contribution in [-0.4, -0.2) is 75.0 Å². The quantitative estimate of drug-likeness (QED) is 0.691. The molecule has 0 aromatic carbocycles. The van der Waals surface area contributed by atoms with Crippen molar-refractivity contribution < 1.29 is 17.9 Å². The molecule has 0 aliphatic carbocycles. The van der Waals surface area contributed by atoms with Crippen LogP contribution in [0.1, 0.15) is 19.8 Å². The van der Waals surface area contributed by atoms with Crippen molar-refractivity contribution in [3.63, 3.8) is 0 Å². The zero-order valence-electron chi connectivity index (χ0n) is 12.9. The summed E-state index contributed by atoms with van der Waals surface area (Å²) in [4.78, 5) is 4.74. The number of alkyl halides is 3. The number of hydrogen-bond acceptors (Lipinski definition) is 4. The highest BCUT2D eigenvalue weighted by molar-refractivity contribution is 4.71. The number of rotatable bonds is 8. The fraction of sp³-hybridized carbons (Fsp3) is 1.00. The zero-order valence-corrected chi connectivity index (χ0v) is 12.9. The van der Waals surface area contributed by atoms with Crippen molar-refractivity contribution in [3.8, 4) is 0 Å². The van der Waals surface area contributed by atoms with E-state index in [4.69, 9.17) is 5.73 Å². The molecule has 1 saturated heterocycles. The summed E-state index contributed by atoms with van der Waals surface area (Å²) in [5.74, 6) is 0.507. The highest BCUT2D eigenvalue weighted by atomic mass is 19.4. The van der Waals surface area contributed by atoms with Crippen LogP contribution in [0.3, 0.4) is 0 Å². The van der Waals surface area contributed by atoms with Gasteiger partial charge in [0, 0.05) is 32.8 Å². The lowest BCUT2D eigenvalue weighted by Crippen LogP contribution is -2.35. The van der Waals surface area contributed by atoms with Crippen LogP contribution in [0.4, 0.5) is 13.2 Å². The van der Waals surface area contributed by atoms with Crippen molar-refractivity contribution in [3.05, 3.63) is 0 Å². The smallest absolute Gasteiger partial charge is 0.372 e. The van der Waals surface area contributed by atoms with Gasteiger partial charge in [-0.15, -0.1) is 0 Å². The molecule has 1 aliphatic heterocycles. The summed E-state index contributed by atoms with van der Waals surface area (Å²) in [6.07, 6.45) is -2.47. The van der Waals surface area contributed by atoms with Gasteiger partial charge in [0.25, 0.3) is 0 Å². The maximum Gasteiger partial charge on any atom is 0.411 e. The summed E-state index contributed by atoms with van der Waals surface area (Å²) in [7, 11) is 0. The van der Waals surface area contributed by atoms with Gasteiger partial charge < -0.3 is 20.3 Å². The van der Waals surface area contributed by atoms with Crippen LogP contribution in [0.5, 0.6) is 0 Å². The Labute approximate surface area is 125 Å². The van der Waals surface area contributed by atoms with Gasteiger partial charge in [-0.1, -0.05) is 6.92 Å². The van der Waals surface area contributed by atoms with E-state index in [0.717, 1.165) is 45.7 Å². The molecule has 21 heavy (non-hydrogen) atoms. The summed E-state index contributed by atoms with van der Waals surface area (Å²) in [6.45, 7) is 7.78. The molecule has 126 valence electrons. The monoisotopic (exact) mass is 311 g/mol. The Balaban J connectivity index is 2.12. The molecule has 0 radical (unpaired) electrons. The third-order valence-electron chi connectivity index (χ3n) is 3.68. The molecule has 1 aliphatic rings. The van der Waals surface area contributed by atoms with Gasteiger partial charge in [-0.25, -0.2) is 0 Å². The van der Waals surface area contributed by atoms with Crippen molar-refractivity contribution in [2.75, 3.05) is 59.0 Å². The maximum atomic E-state index is 11.9. The van der Waals surface area contributed by atoms with Crippen LogP contribution >= 0.6 is 0 Å². The lowest BCUT2D eigenvalue weighted by Gasteiger charge is -2.24. The van der Waals surface area contributed by atoms with E-state index >= 15 is 0 Å². The molecule has 0 spiro atoms. The summed E-state index contributed by atoms with van der Waals surface area (Å²) < 4.78 is 40.4. The Morgan fingerprint density at radius 3 is 2.48 bits per heavy atom. The van der Waals surface area contributed by atoms with E-state index in [0.29, 0.717) is 18.9 Å². The largest absolute Gasteiger partial charge is 0.411 e. The summed E-state index contributed by atoms with van der Waals surface area (Å²) in [5.41, 5.74) is 5.65. The van der Waals surface area contributed by atoms with Crippen LogP contribution in [0.15, 0.2) is 0 Å². The van der Waals surface area contributed by atoms with Gasteiger partial charge in [0.2, 0.25) is 0 Å². The predicted octanol–water partition coefficient (Wildman–Crippen LogP) is 1.56. The molecule has 0 bridgehead atoms. The highest BCUT2D eigenvalue weighted by Gasteiger charge is 2.27. The molecule has 0 aromatic heterocycles. The van der Waals surface area contributed by atoms with Crippen molar-refractivity contribution in [2.45, 2.75) is 25.9 Å². The van der Waals surface area contributed by atoms with E-state index in [2.05, 4.69) is 21.5 Å². The van der Waals surface area contributed by atoms with Crippen molar-refractivity contribution >= 4 is 0 Å². The topological polar surface area (TPSA) is 41.7 Å². The van der Waals surface area contributed by atoms with Crippen LogP contribution in [0.25, 0.3) is 0 Å². The molecule has 1 atom stereocenters. The van der Waals surface area contributed by atoms with Gasteiger partial charge >= 0.3 is 6.18 Å². The van der Waals surface area contributed by atoms with E-state index in [1.54, 1.807) is 0 Å². The van der Waals surface area contributed by atoms with E-state index < -0.39 is 12.8 Å². The Hall–Kier alpha value is -0.370. The molecule has 1 rings (SSSR count). The van der Waals surface area contributed by atoms with Crippen molar-refractivity contribution in [1.82, 2.24) is 9.80 Å². The van der Waals surface area contributed by atoms with E-state index in [1.165, 1.54) is 0 Å². The Kier molecular flexibility index (Phi) is 8.55. The van der Waals surface area contributed by atoms with Crippen LogP contribution in [-0.2, 0) is 4.74 Å². The number of nitrogens with two attached hydrogens (primary N) is 1. The van der Waals surface area contributed by atoms with E-state index in [-0.39, 0.29) is 6.61 Å². The average Bonchev–Trinajstić information content (AvgIpc) is 2.62. The first-order valence-corrected chi connectivity index (χ1v) is 7.70. The molecule has 0 saturated carbocycles. The molecular weight excluding hydrogens is 283 g/mol. The van der Waals surface area contributed by atoms with E-state index in [9.17, 15) is 13.2 Å². The zero-order chi connectivity index (χ0) is 15.7. The molecule has 1 heterocycles. The van der Waals surface area contributed by atoms with Crippen LogP contribution < -0.4 is 5.73 Å². The average molecular weight is 311 g/mol. The molecule has 2 N–H and O–H groups in total. The van der Waals surface area contributed by atoms with Crippen molar-refractivity contribution in [1.29, 1.82) is 0 Å². The number of halogens is 3. The minimum Gasteiger partial charge on any atom is -0.372 e. The number of nitrogens with zero attached hydrogens (tertiary/aromatic N) is 2. The minimum absolute atomic E-state index is 0.171. The summed E-state index contributed by atoms with van der Waals surface area (Å²) in [5, 5.41) is 0. The molecular formula is C14H28F3N3O. The first-order valence-electron chi connectivity index (χ1n) is 7.70. The SMILES string of the molecule is CC(CN)CN1CCCN(CCCOCC(F)(F)F)CC1. The van der Waals surface area contributed by atoms with Crippen LogP contribution in [0.2, 0.25) is 0 Å². The van der Waals surface area contributed by atoms with Gasteiger partial charge in [0.15, 0.2) is 0 Å². The summed E-state index contributed by atoms with van der Waals surface area (Å²) in [6, 6.07) is 0. The number of hydrogen-bond donors (Lipinski definition) is 1. The van der Waals surface area contributed by atoms with Crippen LogP contribution in [0, 0.1) is 5.92 Å². The highest BCUT2D eigenvalue weighted by Crippen LogP contribution is 2.14. The molecule has 4 nitrogen and oxygen atoms in total. The third-order valence-corrected chi connectivity index (χ3v) is 3.68. The third kappa shape index (κ3) is 9.29. The van der Waals surface area contributed by atoms with Crippen molar-refractivity contribution in [2.24, 2.45) is 11.7 Å². The van der Waals surface area contributed by atoms with Gasteiger partial charge in [-0.2, -0.15) is 13.2 Å². The Morgan fingerprint density at radius 1 is 1.14 bits per heavy atom.